The highest BCUT2D eigenvalue weighted by atomic mass is 32.2. The van der Waals surface area contributed by atoms with Crippen molar-refractivity contribution in [3.8, 4) is 0 Å². The quantitative estimate of drug-likeness (QED) is 0.843. The predicted octanol–water partition coefficient (Wildman–Crippen LogP) is 0.934. The van der Waals surface area contributed by atoms with Crippen molar-refractivity contribution in [2.45, 2.75) is 19.4 Å². The maximum Gasteiger partial charge on any atom is 0.221 e. The number of nitrogens with one attached hydrogen (secondary N) is 1. The van der Waals surface area contributed by atoms with Crippen molar-refractivity contribution in [3.63, 3.8) is 0 Å². The van der Waals surface area contributed by atoms with E-state index in [9.17, 15) is 13.2 Å². The second-order valence-corrected chi connectivity index (χ2v) is 8.68. The number of rotatable bonds is 5. The number of nitrogens with zero attached hydrogens (tertiary/aromatic N) is 2. The summed E-state index contributed by atoms with van der Waals surface area (Å²) in [5.74, 6) is -0.110. The molecule has 1 saturated heterocycles. The summed E-state index contributed by atoms with van der Waals surface area (Å²) in [5.41, 5.74) is 2.52. The summed E-state index contributed by atoms with van der Waals surface area (Å²) in [4.78, 5) is 16.7. The molecule has 0 unspecified atom stereocenters. The minimum absolute atomic E-state index is 0.0199. The number of benzene rings is 1. The van der Waals surface area contributed by atoms with Gasteiger partial charge in [-0.3, -0.25) is 9.69 Å². The van der Waals surface area contributed by atoms with E-state index in [0.29, 0.717) is 13.0 Å². The number of anilines is 1. The molecule has 3 rings (SSSR count). The summed E-state index contributed by atoms with van der Waals surface area (Å²) < 4.78 is 22.7. The van der Waals surface area contributed by atoms with Gasteiger partial charge in [-0.05, 0) is 30.7 Å². The van der Waals surface area contributed by atoms with Crippen LogP contribution in [-0.2, 0) is 14.6 Å². The largest absolute Gasteiger partial charge is 0.369 e. The van der Waals surface area contributed by atoms with Crippen LogP contribution in [0.4, 0.5) is 5.69 Å². The van der Waals surface area contributed by atoms with Gasteiger partial charge in [0.2, 0.25) is 5.91 Å². The summed E-state index contributed by atoms with van der Waals surface area (Å²) in [6.45, 7) is 6.57. The third-order valence-corrected chi connectivity index (χ3v) is 6.07. The second-order valence-electron chi connectivity index (χ2n) is 6.75. The van der Waals surface area contributed by atoms with E-state index in [0.717, 1.165) is 26.2 Å². The highest BCUT2D eigenvalue weighted by Crippen LogP contribution is 2.17. The lowest BCUT2D eigenvalue weighted by molar-refractivity contribution is -0.121. The Morgan fingerprint density at radius 2 is 2.00 bits per heavy atom. The molecule has 136 valence electrons. The zero-order valence-electron chi connectivity index (χ0n) is 14.5. The van der Waals surface area contributed by atoms with Crippen molar-refractivity contribution in [2.75, 3.05) is 43.4 Å². The molecule has 1 amide bonds. The zero-order valence-corrected chi connectivity index (χ0v) is 15.3. The van der Waals surface area contributed by atoms with E-state index in [-0.39, 0.29) is 17.7 Å². The van der Waals surface area contributed by atoms with Gasteiger partial charge in [0.25, 0.3) is 0 Å². The van der Waals surface area contributed by atoms with Crippen LogP contribution in [-0.4, -0.2) is 63.7 Å². The van der Waals surface area contributed by atoms with Gasteiger partial charge in [-0.1, -0.05) is 12.1 Å². The minimum atomic E-state index is -3.12. The summed E-state index contributed by atoms with van der Waals surface area (Å²) in [6.07, 6.45) is 1.95. The third-order valence-electron chi connectivity index (χ3n) is 4.67. The number of carbonyl (C=O) groups is 1. The summed E-state index contributed by atoms with van der Waals surface area (Å²) >= 11 is 0. The lowest BCUT2D eigenvalue weighted by Gasteiger charge is -2.36. The average Bonchev–Trinajstić information content (AvgIpc) is 2.92. The molecule has 0 radical (unpaired) electrons. The molecule has 25 heavy (non-hydrogen) atoms. The van der Waals surface area contributed by atoms with Crippen molar-refractivity contribution in [1.82, 2.24) is 10.2 Å². The third kappa shape index (κ3) is 5.06. The SMILES string of the molecule is Cc1cccc(N2CCN(CCC(=O)N[C@@H]3C=CS(=O)(=O)C3)CC2)c1. The van der Waals surface area contributed by atoms with Gasteiger partial charge >= 0.3 is 0 Å². The molecule has 1 aromatic carbocycles. The summed E-state index contributed by atoms with van der Waals surface area (Å²) in [7, 11) is -3.12. The van der Waals surface area contributed by atoms with E-state index >= 15 is 0 Å². The topological polar surface area (TPSA) is 69.7 Å². The van der Waals surface area contributed by atoms with Crippen LogP contribution in [0.15, 0.2) is 35.7 Å². The van der Waals surface area contributed by atoms with Crippen molar-refractivity contribution in [2.24, 2.45) is 0 Å². The van der Waals surface area contributed by atoms with Crippen molar-refractivity contribution in [1.29, 1.82) is 0 Å². The Labute approximate surface area is 149 Å². The van der Waals surface area contributed by atoms with Crippen LogP contribution in [0.2, 0.25) is 0 Å². The van der Waals surface area contributed by atoms with Gasteiger partial charge in [-0.25, -0.2) is 8.42 Å². The first-order chi connectivity index (χ1) is 11.9. The molecule has 1 N–H and O–H groups in total. The number of hydrogen-bond donors (Lipinski definition) is 1. The zero-order chi connectivity index (χ0) is 17.9. The Morgan fingerprint density at radius 1 is 1.24 bits per heavy atom. The first kappa shape index (κ1) is 17.9. The number of aryl methyl sites for hydroxylation is 1. The lowest BCUT2D eigenvalue weighted by Crippen LogP contribution is -2.47. The first-order valence-electron chi connectivity index (χ1n) is 8.66. The lowest BCUT2D eigenvalue weighted by atomic mass is 10.2. The predicted molar refractivity (Wildman–Crippen MR) is 99.3 cm³/mol. The molecule has 2 aliphatic rings. The van der Waals surface area contributed by atoms with E-state index in [2.05, 4.69) is 46.3 Å². The van der Waals surface area contributed by atoms with Gasteiger partial charge in [0, 0.05) is 50.2 Å². The highest BCUT2D eigenvalue weighted by molar-refractivity contribution is 7.94. The molecule has 2 heterocycles. The minimum Gasteiger partial charge on any atom is -0.369 e. The van der Waals surface area contributed by atoms with Crippen LogP contribution in [0.1, 0.15) is 12.0 Å². The Kier molecular flexibility index (Phi) is 5.44. The van der Waals surface area contributed by atoms with Gasteiger partial charge in [0.1, 0.15) is 0 Å². The van der Waals surface area contributed by atoms with Crippen molar-refractivity contribution in [3.05, 3.63) is 41.3 Å². The molecular weight excluding hydrogens is 338 g/mol. The Morgan fingerprint density at radius 3 is 2.64 bits per heavy atom. The summed E-state index contributed by atoms with van der Waals surface area (Å²) in [5, 5.41) is 3.96. The van der Waals surface area contributed by atoms with E-state index in [1.807, 2.05) is 0 Å². The standard InChI is InChI=1S/C18H25N3O3S/c1-15-3-2-4-17(13-15)21-10-8-20(9-11-21)7-5-18(22)19-16-6-12-25(23,24)14-16/h2-4,6,12-13,16H,5,7-11,14H2,1H3,(H,19,22)/t16-/m1/s1. The maximum atomic E-state index is 12.0. The van der Waals surface area contributed by atoms with Crippen molar-refractivity contribution >= 4 is 21.4 Å². The van der Waals surface area contributed by atoms with Gasteiger partial charge in [0.05, 0.1) is 11.8 Å². The molecule has 1 fully saturated rings. The first-order valence-corrected chi connectivity index (χ1v) is 10.4. The Hall–Kier alpha value is -1.86. The van der Waals surface area contributed by atoms with E-state index in [1.54, 1.807) is 6.08 Å². The van der Waals surface area contributed by atoms with Crippen LogP contribution in [0.25, 0.3) is 0 Å². The number of piperazine rings is 1. The van der Waals surface area contributed by atoms with E-state index in [1.165, 1.54) is 16.7 Å². The molecule has 1 aromatic rings. The number of amides is 1. The monoisotopic (exact) mass is 363 g/mol. The number of sulfone groups is 1. The van der Waals surface area contributed by atoms with E-state index < -0.39 is 9.84 Å². The molecule has 0 saturated carbocycles. The Bertz CT molecular complexity index is 753. The molecule has 7 heteroatoms. The van der Waals surface area contributed by atoms with Gasteiger partial charge in [-0.15, -0.1) is 0 Å². The molecule has 0 aliphatic carbocycles. The van der Waals surface area contributed by atoms with Crippen LogP contribution >= 0.6 is 0 Å². The number of carbonyl (C=O) groups excluding carboxylic acids is 1. The molecule has 6 nitrogen and oxygen atoms in total. The molecule has 0 bridgehead atoms. The van der Waals surface area contributed by atoms with Crippen LogP contribution in [0, 0.1) is 6.92 Å². The fourth-order valence-corrected chi connectivity index (χ4v) is 4.49. The maximum absolute atomic E-state index is 12.0. The Balaban J connectivity index is 1.39. The normalized spacial score (nSPS) is 22.9. The van der Waals surface area contributed by atoms with Crippen LogP contribution < -0.4 is 10.2 Å². The summed E-state index contributed by atoms with van der Waals surface area (Å²) in [6, 6.07) is 8.14. The van der Waals surface area contributed by atoms with E-state index in [4.69, 9.17) is 0 Å². The van der Waals surface area contributed by atoms with Crippen molar-refractivity contribution < 1.29 is 13.2 Å². The number of hydrogen-bond acceptors (Lipinski definition) is 5. The van der Waals surface area contributed by atoms with Crippen LogP contribution in [0.5, 0.6) is 0 Å². The molecule has 2 aliphatic heterocycles. The van der Waals surface area contributed by atoms with Crippen LogP contribution in [0.3, 0.4) is 0 Å². The fourth-order valence-electron chi connectivity index (χ4n) is 3.26. The second kappa shape index (κ2) is 7.58. The van der Waals surface area contributed by atoms with Gasteiger partial charge < -0.3 is 10.2 Å². The molecule has 0 aromatic heterocycles. The smallest absolute Gasteiger partial charge is 0.221 e. The molecule has 1 atom stereocenters. The fraction of sp³-hybridized carbons (Fsp3) is 0.500. The van der Waals surface area contributed by atoms with Gasteiger partial charge in [0.15, 0.2) is 9.84 Å². The highest BCUT2D eigenvalue weighted by Gasteiger charge is 2.23. The van der Waals surface area contributed by atoms with Gasteiger partial charge in [-0.2, -0.15) is 0 Å². The molecular formula is C18H25N3O3S. The average molecular weight is 363 g/mol. The molecule has 0 spiro atoms.